The van der Waals surface area contributed by atoms with Gasteiger partial charge in [-0.05, 0) is 11.1 Å². The van der Waals surface area contributed by atoms with Crippen LogP contribution < -0.4 is 5.32 Å². The van der Waals surface area contributed by atoms with E-state index >= 15 is 0 Å². The van der Waals surface area contributed by atoms with E-state index in [1.165, 1.54) is 11.1 Å². The maximum absolute atomic E-state index is 6.00. The highest BCUT2D eigenvalue weighted by Crippen LogP contribution is 2.14. The summed E-state index contributed by atoms with van der Waals surface area (Å²) in [4.78, 5) is 0. The Morgan fingerprint density at radius 1 is 0.714 bits per heavy atom. The molecule has 2 unspecified atom stereocenters. The van der Waals surface area contributed by atoms with Crippen molar-refractivity contribution in [3.8, 4) is 0 Å². The SMILES string of the molecule is c1ccc(COC2CNCC2OCc2ccccc2)cc1. The molecule has 1 aliphatic rings. The van der Waals surface area contributed by atoms with E-state index in [2.05, 4.69) is 29.6 Å². The Bertz CT molecular complexity index is 480. The van der Waals surface area contributed by atoms with E-state index in [1.54, 1.807) is 0 Å². The largest absolute Gasteiger partial charge is 0.369 e. The lowest BCUT2D eigenvalue weighted by atomic mass is 10.2. The van der Waals surface area contributed by atoms with Crippen LogP contribution in [0.1, 0.15) is 11.1 Å². The van der Waals surface area contributed by atoms with Gasteiger partial charge < -0.3 is 14.8 Å². The third-order valence-electron chi connectivity index (χ3n) is 3.72. The van der Waals surface area contributed by atoms with E-state index in [0.29, 0.717) is 13.2 Å². The summed E-state index contributed by atoms with van der Waals surface area (Å²) in [7, 11) is 0. The first-order valence-electron chi connectivity index (χ1n) is 7.43. The van der Waals surface area contributed by atoms with Crippen molar-refractivity contribution in [1.82, 2.24) is 5.32 Å². The molecule has 0 radical (unpaired) electrons. The molecule has 3 nitrogen and oxygen atoms in total. The maximum Gasteiger partial charge on any atom is 0.0977 e. The summed E-state index contributed by atoms with van der Waals surface area (Å²) in [5.74, 6) is 0. The average Bonchev–Trinajstić information content (AvgIpc) is 3.00. The van der Waals surface area contributed by atoms with Crippen LogP contribution in [0.5, 0.6) is 0 Å². The first-order valence-corrected chi connectivity index (χ1v) is 7.43. The van der Waals surface area contributed by atoms with E-state index < -0.39 is 0 Å². The van der Waals surface area contributed by atoms with Gasteiger partial charge in [-0.3, -0.25) is 0 Å². The van der Waals surface area contributed by atoms with Gasteiger partial charge in [0, 0.05) is 13.1 Å². The van der Waals surface area contributed by atoms with Crippen molar-refractivity contribution in [2.75, 3.05) is 13.1 Å². The lowest BCUT2D eigenvalue weighted by Crippen LogP contribution is -2.29. The van der Waals surface area contributed by atoms with Crippen LogP contribution in [0.15, 0.2) is 60.7 Å². The van der Waals surface area contributed by atoms with Gasteiger partial charge in [0.1, 0.15) is 0 Å². The highest BCUT2D eigenvalue weighted by Gasteiger charge is 2.28. The van der Waals surface area contributed by atoms with Gasteiger partial charge in [-0.2, -0.15) is 0 Å². The molecular formula is C18H21NO2. The minimum absolute atomic E-state index is 0.119. The Kier molecular flexibility index (Phi) is 5.00. The standard InChI is InChI=1S/C18H21NO2/c1-3-7-15(8-4-1)13-20-17-11-19-12-18(17)21-14-16-9-5-2-6-10-16/h1-10,17-19H,11-14H2. The van der Waals surface area contributed by atoms with Gasteiger partial charge in [0.2, 0.25) is 0 Å². The van der Waals surface area contributed by atoms with E-state index in [0.717, 1.165) is 13.1 Å². The molecule has 2 atom stereocenters. The van der Waals surface area contributed by atoms with Crippen LogP contribution in [0.4, 0.5) is 0 Å². The van der Waals surface area contributed by atoms with Gasteiger partial charge >= 0.3 is 0 Å². The molecule has 2 aromatic rings. The maximum atomic E-state index is 6.00. The fourth-order valence-corrected chi connectivity index (χ4v) is 2.52. The quantitative estimate of drug-likeness (QED) is 0.884. The molecule has 0 aliphatic carbocycles. The van der Waals surface area contributed by atoms with E-state index in [4.69, 9.17) is 9.47 Å². The van der Waals surface area contributed by atoms with Crippen molar-refractivity contribution in [3.63, 3.8) is 0 Å². The summed E-state index contributed by atoms with van der Waals surface area (Å²) in [6.45, 7) is 2.98. The van der Waals surface area contributed by atoms with Crippen LogP contribution in [0.2, 0.25) is 0 Å². The smallest absolute Gasteiger partial charge is 0.0977 e. The second kappa shape index (κ2) is 7.36. The summed E-state index contributed by atoms with van der Waals surface area (Å²) in [5.41, 5.74) is 2.40. The Labute approximate surface area is 125 Å². The normalized spacial score (nSPS) is 21.5. The molecule has 1 N–H and O–H groups in total. The molecule has 3 heteroatoms. The van der Waals surface area contributed by atoms with Crippen LogP contribution in [0, 0.1) is 0 Å². The van der Waals surface area contributed by atoms with Gasteiger partial charge in [-0.25, -0.2) is 0 Å². The van der Waals surface area contributed by atoms with Gasteiger partial charge in [-0.1, -0.05) is 60.7 Å². The Morgan fingerprint density at radius 3 is 1.57 bits per heavy atom. The highest BCUT2D eigenvalue weighted by molar-refractivity contribution is 5.14. The molecule has 0 spiro atoms. The molecule has 0 bridgehead atoms. The molecule has 3 rings (SSSR count). The van der Waals surface area contributed by atoms with Crippen molar-refractivity contribution in [2.24, 2.45) is 0 Å². The second-order valence-electron chi connectivity index (χ2n) is 5.33. The zero-order valence-corrected chi connectivity index (χ0v) is 12.1. The lowest BCUT2D eigenvalue weighted by molar-refractivity contribution is -0.0591. The summed E-state index contributed by atoms with van der Waals surface area (Å²) in [6, 6.07) is 20.5. The molecule has 21 heavy (non-hydrogen) atoms. The van der Waals surface area contributed by atoms with Crippen molar-refractivity contribution >= 4 is 0 Å². The molecule has 0 saturated carbocycles. The minimum atomic E-state index is 0.119. The predicted octanol–water partition coefficient (Wildman–Crippen LogP) is 2.76. The number of benzene rings is 2. The first-order chi connectivity index (χ1) is 10.4. The number of hydrogen-bond acceptors (Lipinski definition) is 3. The molecule has 1 fully saturated rings. The van der Waals surface area contributed by atoms with Crippen LogP contribution in [0.25, 0.3) is 0 Å². The third-order valence-corrected chi connectivity index (χ3v) is 3.72. The van der Waals surface area contributed by atoms with Crippen LogP contribution >= 0.6 is 0 Å². The Balaban J connectivity index is 1.49. The summed E-state index contributed by atoms with van der Waals surface area (Å²) in [6.07, 6.45) is 0.239. The number of ether oxygens (including phenoxy) is 2. The van der Waals surface area contributed by atoms with E-state index in [1.807, 2.05) is 36.4 Å². The lowest BCUT2D eigenvalue weighted by Gasteiger charge is -2.20. The Hall–Kier alpha value is -1.68. The minimum Gasteiger partial charge on any atom is -0.369 e. The molecule has 110 valence electrons. The zero-order valence-electron chi connectivity index (χ0n) is 12.1. The van der Waals surface area contributed by atoms with Crippen LogP contribution in [-0.4, -0.2) is 25.3 Å². The van der Waals surface area contributed by atoms with Crippen molar-refractivity contribution in [3.05, 3.63) is 71.8 Å². The van der Waals surface area contributed by atoms with E-state index in [-0.39, 0.29) is 12.2 Å². The van der Waals surface area contributed by atoms with Crippen molar-refractivity contribution in [1.29, 1.82) is 0 Å². The molecule has 1 saturated heterocycles. The van der Waals surface area contributed by atoms with Gasteiger partial charge in [0.15, 0.2) is 0 Å². The second-order valence-corrected chi connectivity index (χ2v) is 5.33. The van der Waals surface area contributed by atoms with Crippen LogP contribution in [-0.2, 0) is 22.7 Å². The highest BCUT2D eigenvalue weighted by atomic mass is 16.5. The third kappa shape index (κ3) is 4.14. The average molecular weight is 283 g/mol. The molecule has 0 amide bonds. The summed E-state index contributed by atoms with van der Waals surface area (Å²) in [5, 5.41) is 3.34. The topological polar surface area (TPSA) is 30.5 Å². The van der Waals surface area contributed by atoms with E-state index in [9.17, 15) is 0 Å². The zero-order chi connectivity index (χ0) is 14.3. The first kappa shape index (κ1) is 14.3. The summed E-state index contributed by atoms with van der Waals surface area (Å²) < 4.78 is 12.0. The molecule has 1 heterocycles. The number of rotatable bonds is 6. The fraction of sp³-hybridized carbons (Fsp3) is 0.333. The van der Waals surface area contributed by atoms with Crippen LogP contribution in [0.3, 0.4) is 0 Å². The molecule has 1 aliphatic heterocycles. The summed E-state index contributed by atoms with van der Waals surface area (Å²) >= 11 is 0. The van der Waals surface area contributed by atoms with Crippen molar-refractivity contribution < 1.29 is 9.47 Å². The van der Waals surface area contributed by atoms with Gasteiger partial charge in [0.25, 0.3) is 0 Å². The molecule has 0 aromatic heterocycles. The predicted molar refractivity (Wildman–Crippen MR) is 82.9 cm³/mol. The Morgan fingerprint density at radius 2 is 1.14 bits per heavy atom. The number of hydrogen-bond donors (Lipinski definition) is 1. The molecule has 2 aromatic carbocycles. The fourth-order valence-electron chi connectivity index (χ4n) is 2.52. The van der Waals surface area contributed by atoms with Crippen molar-refractivity contribution in [2.45, 2.75) is 25.4 Å². The number of nitrogens with one attached hydrogen (secondary N) is 1. The van der Waals surface area contributed by atoms with Gasteiger partial charge in [-0.15, -0.1) is 0 Å². The molecular weight excluding hydrogens is 262 g/mol. The monoisotopic (exact) mass is 283 g/mol. The van der Waals surface area contributed by atoms with Gasteiger partial charge in [0.05, 0.1) is 25.4 Å².